The monoisotopic (exact) mass is 311 g/mol. The molecule has 1 aromatic carbocycles. The molecule has 5 heteroatoms. The maximum absolute atomic E-state index is 11.9. The predicted molar refractivity (Wildman–Crippen MR) is 89.5 cm³/mol. The molecule has 0 spiro atoms. The van der Waals surface area contributed by atoms with Crippen LogP contribution in [0, 0.1) is 0 Å². The third kappa shape index (κ3) is 3.09. The van der Waals surface area contributed by atoms with E-state index >= 15 is 0 Å². The van der Waals surface area contributed by atoms with Gasteiger partial charge in [0.25, 0.3) is 5.91 Å². The highest BCUT2D eigenvalue weighted by Crippen LogP contribution is 2.27. The standard InChI is InChI=1S/C17H17N3OS/c1-2-8-18-17(21)13-9-16(22-12-13)14-10-19-20(11-14)15-6-4-3-5-7-15/h3-7,9-12H,2,8H2,1H3,(H,18,21). The molecule has 3 aromatic rings. The van der Waals surface area contributed by atoms with E-state index in [0.29, 0.717) is 12.1 Å². The molecule has 0 radical (unpaired) electrons. The maximum atomic E-state index is 11.9. The van der Waals surface area contributed by atoms with Gasteiger partial charge >= 0.3 is 0 Å². The van der Waals surface area contributed by atoms with Gasteiger partial charge in [0.1, 0.15) is 0 Å². The van der Waals surface area contributed by atoms with E-state index in [9.17, 15) is 4.79 Å². The largest absolute Gasteiger partial charge is 0.352 e. The molecule has 0 saturated carbocycles. The Balaban J connectivity index is 1.80. The third-order valence-corrected chi connectivity index (χ3v) is 4.26. The van der Waals surface area contributed by atoms with Gasteiger partial charge in [0, 0.05) is 28.6 Å². The van der Waals surface area contributed by atoms with Gasteiger partial charge in [0.15, 0.2) is 0 Å². The quantitative estimate of drug-likeness (QED) is 0.780. The molecule has 0 aliphatic heterocycles. The van der Waals surface area contributed by atoms with E-state index in [1.807, 2.05) is 65.8 Å². The molecular formula is C17H17N3OS. The number of amides is 1. The number of nitrogens with one attached hydrogen (secondary N) is 1. The molecule has 2 aromatic heterocycles. The summed E-state index contributed by atoms with van der Waals surface area (Å²) in [6, 6.07) is 11.9. The third-order valence-electron chi connectivity index (χ3n) is 3.29. The van der Waals surface area contributed by atoms with Crippen LogP contribution in [-0.2, 0) is 0 Å². The lowest BCUT2D eigenvalue weighted by atomic mass is 10.2. The number of rotatable bonds is 5. The molecule has 0 atom stereocenters. The SMILES string of the molecule is CCCNC(=O)c1csc(-c2cnn(-c3ccccc3)c2)c1. The van der Waals surface area contributed by atoms with Crippen molar-refractivity contribution < 1.29 is 4.79 Å². The van der Waals surface area contributed by atoms with Crippen molar-refractivity contribution in [3.8, 4) is 16.1 Å². The lowest BCUT2D eigenvalue weighted by molar-refractivity contribution is 0.0954. The first-order valence-corrected chi connectivity index (χ1v) is 8.13. The second-order valence-corrected chi connectivity index (χ2v) is 5.88. The fourth-order valence-corrected chi connectivity index (χ4v) is 2.98. The summed E-state index contributed by atoms with van der Waals surface area (Å²) in [7, 11) is 0. The van der Waals surface area contributed by atoms with E-state index < -0.39 is 0 Å². The predicted octanol–water partition coefficient (Wildman–Crippen LogP) is 3.74. The fourth-order valence-electron chi connectivity index (χ4n) is 2.12. The first-order chi connectivity index (χ1) is 10.8. The minimum absolute atomic E-state index is 0.0141. The highest BCUT2D eigenvalue weighted by molar-refractivity contribution is 7.13. The van der Waals surface area contributed by atoms with E-state index in [0.717, 1.165) is 22.5 Å². The Bertz CT molecular complexity index is 761. The molecule has 0 unspecified atom stereocenters. The smallest absolute Gasteiger partial charge is 0.252 e. The Kier molecular flexibility index (Phi) is 4.34. The van der Waals surface area contributed by atoms with Crippen molar-refractivity contribution in [3.05, 3.63) is 59.7 Å². The fraction of sp³-hybridized carbons (Fsp3) is 0.176. The molecule has 1 amide bonds. The van der Waals surface area contributed by atoms with Gasteiger partial charge in [-0.1, -0.05) is 25.1 Å². The number of para-hydroxylation sites is 1. The highest BCUT2D eigenvalue weighted by atomic mass is 32.1. The van der Waals surface area contributed by atoms with Gasteiger partial charge in [-0.05, 0) is 24.6 Å². The summed E-state index contributed by atoms with van der Waals surface area (Å²) in [5.74, 6) is -0.0141. The molecule has 0 saturated heterocycles. The van der Waals surface area contributed by atoms with Crippen LogP contribution in [0.1, 0.15) is 23.7 Å². The number of aromatic nitrogens is 2. The Morgan fingerprint density at radius 2 is 2.14 bits per heavy atom. The number of thiophene rings is 1. The lowest BCUT2D eigenvalue weighted by Gasteiger charge is -1.99. The summed E-state index contributed by atoms with van der Waals surface area (Å²) in [5.41, 5.74) is 2.75. The van der Waals surface area contributed by atoms with E-state index in [2.05, 4.69) is 10.4 Å². The molecule has 4 nitrogen and oxygen atoms in total. The number of carbonyl (C=O) groups excluding carboxylic acids is 1. The summed E-state index contributed by atoms with van der Waals surface area (Å²) < 4.78 is 1.84. The minimum atomic E-state index is -0.0141. The summed E-state index contributed by atoms with van der Waals surface area (Å²) >= 11 is 1.56. The van der Waals surface area contributed by atoms with Crippen LogP contribution >= 0.6 is 11.3 Å². The van der Waals surface area contributed by atoms with Crippen molar-refractivity contribution in [1.82, 2.24) is 15.1 Å². The summed E-state index contributed by atoms with van der Waals surface area (Å²) in [6.07, 6.45) is 4.74. The van der Waals surface area contributed by atoms with Gasteiger partial charge in [0.2, 0.25) is 0 Å². The molecule has 0 aliphatic rings. The van der Waals surface area contributed by atoms with Crippen molar-refractivity contribution in [2.45, 2.75) is 13.3 Å². The van der Waals surface area contributed by atoms with Crippen LogP contribution in [0.4, 0.5) is 0 Å². The molecule has 0 fully saturated rings. The molecule has 2 heterocycles. The topological polar surface area (TPSA) is 46.9 Å². The minimum Gasteiger partial charge on any atom is -0.352 e. The Hall–Kier alpha value is -2.40. The first kappa shape index (κ1) is 14.5. The van der Waals surface area contributed by atoms with E-state index in [4.69, 9.17) is 0 Å². The molecule has 3 rings (SSSR count). The number of benzene rings is 1. The summed E-state index contributed by atoms with van der Waals surface area (Å²) in [4.78, 5) is 13.0. The van der Waals surface area contributed by atoms with E-state index in [1.165, 1.54) is 0 Å². The van der Waals surface area contributed by atoms with Crippen molar-refractivity contribution >= 4 is 17.2 Å². The first-order valence-electron chi connectivity index (χ1n) is 7.25. The van der Waals surface area contributed by atoms with Crippen molar-refractivity contribution in [2.75, 3.05) is 6.54 Å². The van der Waals surface area contributed by atoms with Crippen LogP contribution in [-0.4, -0.2) is 22.2 Å². The van der Waals surface area contributed by atoms with Crippen LogP contribution < -0.4 is 5.32 Å². The van der Waals surface area contributed by atoms with Gasteiger partial charge in [-0.25, -0.2) is 4.68 Å². The van der Waals surface area contributed by atoms with Gasteiger partial charge in [-0.2, -0.15) is 5.10 Å². The van der Waals surface area contributed by atoms with E-state index in [-0.39, 0.29) is 5.91 Å². The maximum Gasteiger partial charge on any atom is 0.252 e. The van der Waals surface area contributed by atoms with Crippen molar-refractivity contribution in [2.24, 2.45) is 0 Å². The molecule has 1 N–H and O–H groups in total. The normalized spacial score (nSPS) is 10.6. The van der Waals surface area contributed by atoms with Gasteiger partial charge in [-0.15, -0.1) is 11.3 Å². The van der Waals surface area contributed by atoms with Crippen LogP contribution in [0.15, 0.2) is 54.2 Å². The zero-order valence-corrected chi connectivity index (χ0v) is 13.1. The van der Waals surface area contributed by atoms with Crippen LogP contribution in [0.25, 0.3) is 16.1 Å². The molecule has 0 aliphatic carbocycles. The van der Waals surface area contributed by atoms with Gasteiger partial charge in [0.05, 0.1) is 17.4 Å². The number of nitrogens with zero attached hydrogens (tertiary/aromatic N) is 2. The van der Waals surface area contributed by atoms with Crippen LogP contribution in [0.3, 0.4) is 0 Å². The van der Waals surface area contributed by atoms with Crippen LogP contribution in [0.2, 0.25) is 0 Å². The zero-order valence-electron chi connectivity index (χ0n) is 12.3. The Morgan fingerprint density at radius 1 is 1.32 bits per heavy atom. The van der Waals surface area contributed by atoms with Gasteiger partial charge < -0.3 is 5.32 Å². The van der Waals surface area contributed by atoms with Crippen molar-refractivity contribution in [1.29, 1.82) is 0 Å². The molecule has 0 bridgehead atoms. The number of hydrogen-bond acceptors (Lipinski definition) is 3. The van der Waals surface area contributed by atoms with Crippen LogP contribution in [0.5, 0.6) is 0 Å². The molecule has 22 heavy (non-hydrogen) atoms. The lowest BCUT2D eigenvalue weighted by Crippen LogP contribution is -2.23. The molecular weight excluding hydrogens is 294 g/mol. The Morgan fingerprint density at radius 3 is 2.91 bits per heavy atom. The summed E-state index contributed by atoms with van der Waals surface area (Å²) in [5, 5.41) is 9.17. The van der Waals surface area contributed by atoms with E-state index in [1.54, 1.807) is 11.3 Å². The second-order valence-electron chi connectivity index (χ2n) is 4.96. The van der Waals surface area contributed by atoms with Gasteiger partial charge in [-0.3, -0.25) is 4.79 Å². The highest BCUT2D eigenvalue weighted by Gasteiger charge is 2.10. The number of hydrogen-bond donors (Lipinski definition) is 1. The van der Waals surface area contributed by atoms with Crippen molar-refractivity contribution in [3.63, 3.8) is 0 Å². The number of carbonyl (C=O) groups is 1. The zero-order chi connectivity index (χ0) is 15.4. The second kappa shape index (κ2) is 6.58. The average Bonchev–Trinajstić information content (AvgIpc) is 3.22. The molecule has 112 valence electrons. The average molecular weight is 311 g/mol. The summed E-state index contributed by atoms with van der Waals surface area (Å²) in [6.45, 7) is 2.74. The Labute approximate surface area is 133 Å².